The minimum absolute atomic E-state index is 0.208. The van der Waals surface area contributed by atoms with Gasteiger partial charge in [0.15, 0.2) is 5.96 Å². The number of benzene rings is 1. The van der Waals surface area contributed by atoms with Gasteiger partial charge in [0.2, 0.25) is 0 Å². The summed E-state index contributed by atoms with van der Waals surface area (Å²) in [6.07, 6.45) is 1.07. The van der Waals surface area contributed by atoms with Gasteiger partial charge in [-0.3, -0.25) is 14.7 Å². The van der Waals surface area contributed by atoms with Crippen molar-refractivity contribution in [3.63, 3.8) is 0 Å². The highest BCUT2D eigenvalue weighted by Crippen LogP contribution is 2.20. The van der Waals surface area contributed by atoms with E-state index in [1.807, 2.05) is 13.0 Å². The molecule has 0 saturated carbocycles. The molecule has 3 unspecified atom stereocenters. The molecule has 0 radical (unpaired) electrons. The Morgan fingerprint density at radius 2 is 2.12 bits per heavy atom. The number of carbonyl (C=O) groups excluding carboxylic acids is 1. The van der Waals surface area contributed by atoms with Crippen molar-refractivity contribution in [2.24, 2.45) is 10.9 Å². The van der Waals surface area contributed by atoms with E-state index in [4.69, 9.17) is 4.74 Å². The van der Waals surface area contributed by atoms with Crippen molar-refractivity contribution in [1.82, 2.24) is 15.5 Å². The lowest BCUT2D eigenvalue weighted by atomic mass is 10.2. The number of nitrogens with zero attached hydrogens (tertiary/aromatic N) is 2. The van der Waals surface area contributed by atoms with Crippen molar-refractivity contribution in [2.75, 3.05) is 27.2 Å². The fourth-order valence-electron chi connectivity index (χ4n) is 3.16. The molecule has 1 aromatic rings. The van der Waals surface area contributed by atoms with Gasteiger partial charge in [0.05, 0.1) is 13.0 Å². The minimum Gasteiger partial charge on any atom is -0.469 e. The van der Waals surface area contributed by atoms with Gasteiger partial charge < -0.3 is 15.4 Å². The fraction of sp³-hybridized carbons (Fsp3) is 0.579. The van der Waals surface area contributed by atoms with Crippen LogP contribution in [-0.2, 0) is 16.1 Å². The van der Waals surface area contributed by atoms with E-state index in [-0.39, 0.29) is 11.9 Å². The molecule has 1 aromatic carbocycles. The molecule has 0 aromatic heterocycles. The molecule has 0 bridgehead atoms. The van der Waals surface area contributed by atoms with Crippen molar-refractivity contribution in [3.8, 4) is 0 Å². The van der Waals surface area contributed by atoms with E-state index in [0.717, 1.165) is 25.5 Å². The molecule has 1 fully saturated rings. The summed E-state index contributed by atoms with van der Waals surface area (Å²) in [7, 11) is 3.16. The lowest BCUT2D eigenvalue weighted by molar-refractivity contribution is -0.144. The molecule has 6 heteroatoms. The Labute approximate surface area is 150 Å². The van der Waals surface area contributed by atoms with Crippen molar-refractivity contribution >= 4 is 11.9 Å². The summed E-state index contributed by atoms with van der Waals surface area (Å²) in [5.74, 6) is 0.307. The zero-order valence-electron chi connectivity index (χ0n) is 15.7. The molecule has 3 atom stereocenters. The Hall–Kier alpha value is -2.08. The Morgan fingerprint density at radius 1 is 1.40 bits per heavy atom. The summed E-state index contributed by atoms with van der Waals surface area (Å²) in [5.41, 5.74) is 1.34. The molecule has 2 N–H and O–H groups in total. The highest BCUT2D eigenvalue weighted by atomic mass is 16.5. The number of methoxy groups -OCH3 is 1. The van der Waals surface area contributed by atoms with Gasteiger partial charge in [-0.25, -0.2) is 0 Å². The highest BCUT2D eigenvalue weighted by Gasteiger charge is 2.29. The second-order valence-electron chi connectivity index (χ2n) is 6.72. The van der Waals surface area contributed by atoms with Gasteiger partial charge in [0.1, 0.15) is 0 Å². The van der Waals surface area contributed by atoms with Gasteiger partial charge in [-0.1, -0.05) is 37.3 Å². The van der Waals surface area contributed by atoms with Crippen LogP contribution in [0, 0.1) is 5.92 Å². The molecule has 1 heterocycles. The Morgan fingerprint density at radius 3 is 2.76 bits per heavy atom. The molecule has 2 rings (SSSR count). The van der Waals surface area contributed by atoms with Gasteiger partial charge in [-0.15, -0.1) is 0 Å². The Bertz CT molecular complexity index is 576. The van der Waals surface area contributed by atoms with E-state index in [1.54, 1.807) is 7.05 Å². The largest absolute Gasteiger partial charge is 0.469 e. The summed E-state index contributed by atoms with van der Waals surface area (Å²) in [6, 6.07) is 11.4. The third kappa shape index (κ3) is 5.74. The lowest BCUT2D eigenvalue weighted by Crippen LogP contribution is -2.46. The predicted molar refractivity (Wildman–Crippen MR) is 100 cm³/mol. The summed E-state index contributed by atoms with van der Waals surface area (Å²) in [6.45, 7) is 6.54. The van der Waals surface area contributed by atoms with Crippen molar-refractivity contribution in [2.45, 2.75) is 38.9 Å². The van der Waals surface area contributed by atoms with E-state index >= 15 is 0 Å². The summed E-state index contributed by atoms with van der Waals surface area (Å²) < 4.78 is 4.75. The molecule has 6 nitrogen and oxygen atoms in total. The number of rotatable bonds is 6. The molecular formula is C19H30N4O2. The number of esters is 1. The van der Waals surface area contributed by atoms with E-state index in [1.165, 1.54) is 12.7 Å². The minimum atomic E-state index is -0.216. The van der Waals surface area contributed by atoms with Crippen LogP contribution in [0.15, 0.2) is 35.3 Å². The van der Waals surface area contributed by atoms with E-state index < -0.39 is 0 Å². The van der Waals surface area contributed by atoms with Crippen LogP contribution in [0.2, 0.25) is 0 Å². The first-order chi connectivity index (χ1) is 12.0. The third-order valence-corrected chi connectivity index (χ3v) is 4.68. The number of likely N-dealkylation sites (tertiary alicyclic amines) is 1. The van der Waals surface area contributed by atoms with Crippen LogP contribution in [0.25, 0.3) is 0 Å². The maximum absolute atomic E-state index is 11.5. The quantitative estimate of drug-likeness (QED) is 0.466. The maximum Gasteiger partial charge on any atom is 0.310 e. The molecule has 1 aliphatic heterocycles. The first-order valence-corrected chi connectivity index (χ1v) is 8.86. The van der Waals surface area contributed by atoms with Gasteiger partial charge in [-0.2, -0.15) is 0 Å². The molecule has 1 saturated heterocycles. The van der Waals surface area contributed by atoms with Crippen LogP contribution < -0.4 is 10.6 Å². The van der Waals surface area contributed by atoms with Gasteiger partial charge in [-0.05, 0) is 18.9 Å². The average Bonchev–Trinajstić information content (AvgIpc) is 2.97. The smallest absolute Gasteiger partial charge is 0.310 e. The fourth-order valence-corrected chi connectivity index (χ4v) is 3.16. The van der Waals surface area contributed by atoms with Crippen LogP contribution in [-0.4, -0.2) is 56.2 Å². The number of guanidine groups is 1. The van der Waals surface area contributed by atoms with E-state index in [0.29, 0.717) is 18.6 Å². The Kier molecular flexibility index (Phi) is 7.25. The zero-order chi connectivity index (χ0) is 18.2. The van der Waals surface area contributed by atoms with E-state index in [2.05, 4.69) is 51.7 Å². The molecule has 0 aliphatic carbocycles. The molecule has 0 amide bonds. The number of ether oxygens (including phenoxy) is 1. The number of nitrogens with one attached hydrogen (secondary N) is 2. The normalized spacial score (nSPS) is 22.5. The van der Waals surface area contributed by atoms with Crippen molar-refractivity contribution in [3.05, 3.63) is 35.9 Å². The zero-order valence-corrected chi connectivity index (χ0v) is 15.7. The molecule has 138 valence electrons. The highest BCUT2D eigenvalue weighted by molar-refractivity contribution is 5.81. The van der Waals surface area contributed by atoms with Crippen LogP contribution in [0.4, 0.5) is 0 Å². The van der Waals surface area contributed by atoms with Gasteiger partial charge in [0, 0.05) is 38.8 Å². The second-order valence-corrected chi connectivity index (χ2v) is 6.72. The summed E-state index contributed by atoms with van der Waals surface area (Å²) in [5, 5.41) is 6.68. The van der Waals surface area contributed by atoms with Crippen LogP contribution in [0.1, 0.15) is 25.8 Å². The predicted octanol–water partition coefficient (Wildman–Crippen LogP) is 1.62. The van der Waals surface area contributed by atoms with Crippen LogP contribution >= 0.6 is 0 Å². The first-order valence-electron chi connectivity index (χ1n) is 8.86. The van der Waals surface area contributed by atoms with Gasteiger partial charge in [0.25, 0.3) is 0 Å². The number of aliphatic imine (C=N–C) groups is 1. The SMILES string of the molecule is CN=C(NCC(C)C(=O)OC)NC1CC(C)N(Cc2ccccc2)C1. The molecule has 1 aliphatic rings. The summed E-state index contributed by atoms with van der Waals surface area (Å²) >= 11 is 0. The van der Waals surface area contributed by atoms with Crippen molar-refractivity contribution < 1.29 is 9.53 Å². The standard InChI is InChI=1S/C19H30N4O2/c1-14(18(24)25-4)11-21-19(20-3)22-17-10-15(2)23(13-17)12-16-8-6-5-7-9-16/h5-9,14-15,17H,10-13H2,1-4H3,(H2,20,21,22). The topological polar surface area (TPSA) is 66.0 Å². The van der Waals surface area contributed by atoms with Crippen molar-refractivity contribution in [1.29, 1.82) is 0 Å². The summed E-state index contributed by atoms with van der Waals surface area (Å²) in [4.78, 5) is 18.2. The van der Waals surface area contributed by atoms with Crippen LogP contribution in [0.3, 0.4) is 0 Å². The lowest BCUT2D eigenvalue weighted by Gasteiger charge is -2.21. The van der Waals surface area contributed by atoms with Crippen LogP contribution in [0.5, 0.6) is 0 Å². The third-order valence-electron chi connectivity index (χ3n) is 4.68. The second kappa shape index (κ2) is 9.42. The van der Waals surface area contributed by atoms with E-state index in [9.17, 15) is 4.79 Å². The maximum atomic E-state index is 11.5. The van der Waals surface area contributed by atoms with Gasteiger partial charge >= 0.3 is 5.97 Å². The number of hydrogen-bond acceptors (Lipinski definition) is 4. The molecule has 25 heavy (non-hydrogen) atoms. The monoisotopic (exact) mass is 346 g/mol. The number of carbonyl (C=O) groups is 1. The Balaban J connectivity index is 1.82. The number of hydrogen-bond donors (Lipinski definition) is 2. The molecular weight excluding hydrogens is 316 g/mol. The first kappa shape index (κ1) is 19.2. The molecule has 0 spiro atoms. The average molecular weight is 346 g/mol.